The Labute approximate surface area is 151 Å². The molecule has 0 bridgehead atoms. The number of hydrogen-bond acceptors (Lipinski definition) is 7. The van der Waals surface area contributed by atoms with Gasteiger partial charge < -0.3 is 9.84 Å². The van der Waals surface area contributed by atoms with Crippen LogP contribution in [0.4, 0.5) is 10.1 Å². The largest absolute Gasteiger partial charge is 0.334 e. The number of anilines is 1. The van der Waals surface area contributed by atoms with Crippen LogP contribution in [0.2, 0.25) is 0 Å². The second-order valence-corrected chi connectivity index (χ2v) is 7.47. The van der Waals surface area contributed by atoms with E-state index in [-0.39, 0.29) is 35.6 Å². The molecule has 0 aliphatic carbocycles. The third-order valence-corrected chi connectivity index (χ3v) is 4.35. The minimum absolute atomic E-state index is 0. The summed E-state index contributed by atoms with van der Waals surface area (Å²) in [6.45, 7) is 2.40. The van der Waals surface area contributed by atoms with E-state index in [9.17, 15) is 12.8 Å². The summed E-state index contributed by atoms with van der Waals surface area (Å²) < 4.78 is 44.1. The molecular formula is C14H19ClFN5O3S. The molecule has 0 radical (unpaired) electrons. The van der Waals surface area contributed by atoms with Crippen LogP contribution in [0, 0.1) is 5.82 Å². The predicted octanol–water partition coefficient (Wildman–Crippen LogP) is 1.25. The number of piperazine rings is 1. The minimum Gasteiger partial charge on any atom is -0.334 e. The van der Waals surface area contributed by atoms with Gasteiger partial charge >= 0.3 is 0 Å². The monoisotopic (exact) mass is 391 g/mol. The number of likely N-dealkylation sites (N-methyl/N-ethyl adjacent to an activating group) is 1. The average molecular weight is 392 g/mol. The van der Waals surface area contributed by atoms with Crippen molar-refractivity contribution in [2.45, 2.75) is 6.04 Å². The van der Waals surface area contributed by atoms with Gasteiger partial charge in [-0.25, -0.2) is 12.8 Å². The van der Waals surface area contributed by atoms with Crippen molar-refractivity contribution in [3.05, 3.63) is 29.8 Å². The summed E-state index contributed by atoms with van der Waals surface area (Å²) in [5, 5.41) is 7.22. The van der Waals surface area contributed by atoms with Gasteiger partial charge in [-0.1, -0.05) is 5.16 Å². The molecule has 2 aromatic rings. The Bertz CT molecular complexity index is 845. The molecule has 0 spiro atoms. The van der Waals surface area contributed by atoms with Crippen LogP contribution in [0.5, 0.6) is 0 Å². The number of rotatable bonds is 4. The third-order valence-electron chi connectivity index (χ3n) is 3.76. The molecule has 138 valence electrons. The number of sulfonamides is 1. The molecule has 1 saturated heterocycles. The lowest BCUT2D eigenvalue weighted by Gasteiger charge is -2.30. The van der Waals surface area contributed by atoms with Crippen LogP contribution in [0.3, 0.4) is 0 Å². The number of halogens is 2. The van der Waals surface area contributed by atoms with Gasteiger partial charge in [-0.2, -0.15) is 4.98 Å². The first-order valence-corrected chi connectivity index (χ1v) is 9.25. The van der Waals surface area contributed by atoms with Crippen molar-refractivity contribution < 1.29 is 17.3 Å². The molecule has 25 heavy (non-hydrogen) atoms. The second-order valence-electron chi connectivity index (χ2n) is 5.72. The molecule has 1 atom stereocenters. The zero-order chi connectivity index (χ0) is 17.3. The summed E-state index contributed by atoms with van der Waals surface area (Å²) in [7, 11) is -1.56. The fourth-order valence-corrected chi connectivity index (χ4v) is 3.13. The van der Waals surface area contributed by atoms with Gasteiger partial charge in [0.15, 0.2) is 5.82 Å². The Morgan fingerprint density at radius 1 is 1.44 bits per heavy atom. The highest BCUT2D eigenvalue weighted by Crippen LogP contribution is 2.30. The van der Waals surface area contributed by atoms with Gasteiger partial charge in [0.05, 0.1) is 23.5 Å². The highest BCUT2D eigenvalue weighted by atomic mass is 35.5. The lowest BCUT2D eigenvalue weighted by Crippen LogP contribution is -2.44. The summed E-state index contributed by atoms with van der Waals surface area (Å²) in [4.78, 5) is 6.42. The molecule has 0 amide bonds. The third kappa shape index (κ3) is 4.66. The highest BCUT2D eigenvalue weighted by Gasteiger charge is 2.26. The molecule has 1 unspecified atom stereocenters. The summed E-state index contributed by atoms with van der Waals surface area (Å²) >= 11 is 0. The summed E-state index contributed by atoms with van der Waals surface area (Å²) in [6, 6.07) is 3.58. The van der Waals surface area contributed by atoms with Gasteiger partial charge in [-0.05, 0) is 25.2 Å². The van der Waals surface area contributed by atoms with E-state index < -0.39 is 15.8 Å². The summed E-state index contributed by atoms with van der Waals surface area (Å²) in [5.74, 6) is 0.00384. The van der Waals surface area contributed by atoms with Crippen LogP contribution in [0.1, 0.15) is 11.9 Å². The van der Waals surface area contributed by atoms with Gasteiger partial charge in [0.2, 0.25) is 10.0 Å². The summed E-state index contributed by atoms with van der Waals surface area (Å²) in [5.41, 5.74) is 0.384. The van der Waals surface area contributed by atoms with Crippen molar-refractivity contribution in [1.82, 2.24) is 20.4 Å². The molecule has 1 aromatic carbocycles. The number of aromatic nitrogens is 2. The molecule has 1 aliphatic heterocycles. The SMILES string of the molecule is CN1CCNCC1c1noc(-c2cc(F)ccc2NS(C)(=O)=O)n1.Cl. The van der Waals surface area contributed by atoms with Crippen molar-refractivity contribution in [3.8, 4) is 11.5 Å². The van der Waals surface area contributed by atoms with E-state index in [4.69, 9.17) is 4.52 Å². The van der Waals surface area contributed by atoms with Crippen molar-refractivity contribution in [3.63, 3.8) is 0 Å². The van der Waals surface area contributed by atoms with Gasteiger partial charge in [0, 0.05) is 19.6 Å². The van der Waals surface area contributed by atoms with Gasteiger partial charge in [-0.3, -0.25) is 9.62 Å². The first kappa shape index (κ1) is 19.6. The highest BCUT2D eigenvalue weighted by molar-refractivity contribution is 7.92. The maximum Gasteiger partial charge on any atom is 0.260 e. The molecule has 8 nitrogen and oxygen atoms in total. The van der Waals surface area contributed by atoms with Crippen molar-refractivity contribution in [2.75, 3.05) is 37.7 Å². The smallest absolute Gasteiger partial charge is 0.260 e. The molecule has 1 aliphatic rings. The fourth-order valence-electron chi connectivity index (χ4n) is 2.56. The van der Waals surface area contributed by atoms with E-state index in [0.717, 1.165) is 31.5 Å². The van der Waals surface area contributed by atoms with Crippen LogP contribution in [0.25, 0.3) is 11.5 Å². The van der Waals surface area contributed by atoms with E-state index in [1.54, 1.807) is 0 Å². The molecule has 11 heteroatoms. The Morgan fingerprint density at radius 2 is 2.20 bits per heavy atom. The van der Waals surface area contributed by atoms with Crippen LogP contribution in [0.15, 0.2) is 22.7 Å². The standard InChI is InChI=1S/C14H18FN5O3S.ClH/c1-20-6-5-16-8-12(20)13-17-14(23-18-13)10-7-9(15)3-4-11(10)19-24(2,21)22;/h3-4,7,12,16,19H,5-6,8H2,1-2H3;1H. The predicted molar refractivity (Wildman–Crippen MR) is 93.6 cm³/mol. The molecule has 2 heterocycles. The van der Waals surface area contributed by atoms with E-state index in [1.165, 1.54) is 6.07 Å². The maximum atomic E-state index is 13.6. The zero-order valence-corrected chi connectivity index (χ0v) is 15.3. The van der Waals surface area contributed by atoms with Crippen LogP contribution in [-0.2, 0) is 10.0 Å². The van der Waals surface area contributed by atoms with Gasteiger partial charge in [0.1, 0.15) is 5.82 Å². The topological polar surface area (TPSA) is 100 Å². The second kappa shape index (κ2) is 7.65. The Morgan fingerprint density at radius 3 is 2.88 bits per heavy atom. The average Bonchev–Trinajstić information content (AvgIpc) is 2.98. The molecule has 0 saturated carbocycles. The Kier molecular flexibility index (Phi) is 5.99. The molecule has 1 aromatic heterocycles. The number of nitrogens with zero attached hydrogens (tertiary/aromatic N) is 3. The van der Waals surface area contributed by atoms with Gasteiger partial charge in [0.25, 0.3) is 5.89 Å². The Hall–Kier alpha value is -1.75. The maximum absolute atomic E-state index is 13.6. The molecular weight excluding hydrogens is 373 g/mol. The zero-order valence-electron chi connectivity index (χ0n) is 13.7. The van der Waals surface area contributed by atoms with E-state index in [2.05, 4.69) is 25.1 Å². The molecule has 2 N–H and O–H groups in total. The lowest BCUT2D eigenvalue weighted by atomic mass is 10.1. The van der Waals surface area contributed by atoms with Crippen LogP contribution in [-0.4, -0.2) is 56.4 Å². The molecule has 3 rings (SSSR count). The van der Waals surface area contributed by atoms with Crippen molar-refractivity contribution in [1.29, 1.82) is 0 Å². The van der Waals surface area contributed by atoms with Crippen molar-refractivity contribution >= 4 is 28.1 Å². The van der Waals surface area contributed by atoms with Gasteiger partial charge in [-0.15, -0.1) is 12.4 Å². The minimum atomic E-state index is -3.52. The van der Waals surface area contributed by atoms with Crippen LogP contribution < -0.4 is 10.0 Å². The normalized spacial score (nSPS) is 18.6. The van der Waals surface area contributed by atoms with E-state index in [1.807, 2.05) is 7.05 Å². The number of nitrogens with one attached hydrogen (secondary N) is 2. The van der Waals surface area contributed by atoms with E-state index in [0.29, 0.717) is 12.4 Å². The van der Waals surface area contributed by atoms with E-state index >= 15 is 0 Å². The first-order chi connectivity index (χ1) is 11.3. The fraction of sp³-hybridized carbons (Fsp3) is 0.429. The van der Waals surface area contributed by atoms with Crippen LogP contribution >= 0.6 is 12.4 Å². The summed E-state index contributed by atoms with van der Waals surface area (Å²) in [6.07, 6.45) is 1.02. The Balaban J connectivity index is 0.00000225. The first-order valence-electron chi connectivity index (χ1n) is 7.36. The number of benzene rings is 1. The molecule has 1 fully saturated rings. The van der Waals surface area contributed by atoms with Crippen molar-refractivity contribution in [2.24, 2.45) is 0 Å². The number of hydrogen-bond donors (Lipinski definition) is 2. The quantitative estimate of drug-likeness (QED) is 0.808. The lowest BCUT2D eigenvalue weighted by molar-refractivity contribution is 0.190.